The number of anilines is 1. The molecule has 0 N–H and O–H groups in total. The average Bonchev–Trinajstić information content (AvgIpc) is 2.46. The summed E-state index contributed by atoms with van der Waals surface area (Å²) >= 11 is 0. The summed E-state index contributed by atoms with van der Waals surface area (Å²) in [7, 11) is 5.37. The number of hydrogen-bond acceptors (Lipinski definition) is 7. The van der Waals surface area contributed by atoms with E-state index in [1.165, 1.54) is 7.11 Å². The first-order chi connectivity index (χ1) is 9.60. The van der Waals surface area contributed by atoms with Crippen LogP contribution in [0.3, 0.4) is 0 Å². The Kier molecular flexibility index (Phi) is 4.86. The molecule has 2 rings (SSSR count). The van der Waals surface area contributed by atoms with Crippen LogP contribution in [0.5, 0.6) is 0 Å². The Morgan fingerprint density at radius 2 is 2.30 bits per heavy atom. The molecule has 1 unspecified atom stereocenters. The lowest BCUT2D eigenvalue weighted by Gasteiger charge is -2.34. The van der Waals surface area contributed by atoms with Gasteiger partial charge in [0, 0.05) is 19.6 Å². The third kappa shape index (κ3) is 3.64. The first-order valence-corrected chi connectivity index (χ1v) is 6.53. The number of aromatic nitrogens is 2. The molecule has 110 valence electrons. The number of morpholine rings is 1. The van der Waals surface area contributed by atoms with Gasteiger partial charge in [-0.15, -0.1) is 10.2 Å². The number of nitrogens with zero attached hydrogens (tertiary/aromatic N) is 4. The average molecular weight is 280 g/mol. The SMILES string of the molecule is COC(=O)c1ccc(N2CCOC(CN(C)C)C2)nn1. The largest absolute Gasteiger partial charge is 0.464 e. The summed E-state index contributed by atoms with van der Waals surface area (Å²) < 4.78 is 10.3. The van der Waals surface area contributed by atoms with Crippen molar-refractivity contribution in [3.05, 3.63) is 17.8 Å². The van der Waals surface area contributed by atoms with Crippen LogP contribution in [0.25, 0.3) is 0 Å². The molecular weight excluding hydrogens is 260 g/mol. The number of rotatable bonds is 4. The highest BCUT2D eigenvalue weighted by Gasteiger charge is 2.22. The van der Waals surface area contributed by atoms with E-state index in [1.54, 1.807) is 12.1 Å². The summed E-state index contributed by atoms with van der Waals surface area (Å²) in [6.45, 7) is 3.07. The molecule has 0 radical (unpaired) electrons. The molecule has 1 aromatic rings. The maximum Gasteiger partial charge on any atom is 0.358 e. The predicted molar refractivity (Wildman–Crippen MR) is 73.9 cm³/mol. The van der Waals surface area contributed by atoms with Gasteiger partial charge in [0.15, 0.2) is 11.5 Å². The van der Waals surface area contributed by atoms with Gasteiger partial charge in [-0.2, -0.15) is 0 Å². The molecule has 2 heterocycles. The van der Waals surface area contributed by atoms with Gasteiger partial charge in [-0.1, -0.05) is 0 Å². The van der Waals surface area contributed by atoms with Crippen molar-refractivity contribution in [3.63, 3.8) is 0 Å². The summed E-state index contributed by atoms with van der Waals surface area (Å²) in [5.74, 6) is 0.279. The van der Waals surface area contributed by atoms with Crippen LogP contribution in [-0.2, 0) is 9.47 Å². The Morgan fingerprint density at radius 3 is 2.90 bits per heavy atom. The van der Waals surface area contributed by atoms with Gasteiger partial charge in [0.2, 0.25) is 0 Å². The summed E-state index contributed by atoms with van der Waals surface area (Å²) in [6, 6.07) is 3.42. The minimum Gasteiger partial charge on any atom is -0.464 e. The lowest BCUT2D eigenvalue weighted by Crippen LogP contribution is -2.46. The van der Waals surface area contributed by atoms with Gasteiger partial charge >= 0.3 is 5.97 Å². The molecule has 1 aliphatic rings. The molecule has 7 heteroatoms. The Morgan fingerprint density at radius 1 is 1.50 bits per heavy atom. The van der Waals surface area contributed by atoms with E-state index in [4.69, 9.17) is 4.74 Å². The summed E-state index contributed by atoms with van der Waals surface area (Å²) in [5, 5.41) is 7.98. The van der Waals surface area contributed by atoms with Crippen LogP contribution in [-0.4, -0.2) is 74.6 Å². The zero-order chi connectivity index (χ0) is 14.5. The summed E-state index contributed by atoms with van der Waals surface area (Å²) in [4.78, 5) is 15.5. The highest BCUT2D eigenvalue weighted by molar-refractivity contribution is 5.86. The number of ether oxygens (including phenoxy) is 2. The maximum absolute atomic E-state index is 11.3. The molecule has 0 amide bonds. The number of carbonyl (C=O) groups excluding carboxylic acids is 1. The van der Waals surface area contributed by atoms with Gasteiger partial charge in [-0.05, 0) is 26.2 Å². The number of likely N-dealkylation sites (N-methyl/N-ethyl adjacent to an activating group) is 1. The topological polar surface area (TPSA) is 67.8 Å². The van der Waals surface area contributed by atoms with Crippen LogP contribution < -0.4 is 4.90 Å². The van der Waals surface area contributed by atoms with Crippen molar-refractivity contribution in [1.82, 2.24) is 15.1 Å². The van der Waals surface area contributed by atoms with E-state index in [0.29, 0.717) is 6.61 Å². The maximum atomic E-state index is 11.3. The van der Waals surface area contributed by atoms with Crippen LogP contribution in [0.4, 0.5) is 5.82 Å². The number of esters is 1. The van der Waals surface area contributed by atoms with Gasteiger partial charge < -0.3 is 19.3 Å². The van der Waals surface area contributed by atoms with Crippen molar-refractivity contribution >= 4 is 11.8 Å². The molecule has 1 saturated heterocycles. The molecule has 1 aliphatic heterocycles. The molecule has 7 nitrogen and oxygen atoms in total. The number of methoxy groups -OCH3 is 1. The quantitative estimate of drug-likeness (QED) is 0.721. The van der Waals surface area contributed by atoms with E-state index in [9.17, 15) is 4.79 Å². The lowest BCUT2D eigenvalue weighted by atomic mass is 10.2. The van der Waals surface area contributed by atoms with Crippen LogP contribution in [0.15, 0.2) is 12.1 Å². The summed E-state index contributed by atoms with van der Waals surface area (Å²) in [5.41, 5.74) is 0.217. The highest BCUT2D eigenvalue weighted by atomic mass is 16.5. The van der Waals surface area contributed by atoms with Crippen LogP contribution in [0.2, 0.25) is 0 Å². The van der Waals surface area contributed by atoms with Crippen LogP contribution in [0.1, 0.15) is 10.5 Å². The van der Waals surface area contributed by atoms with Gasteiger partial charge in [-0.3, -0.25) is 0 Å². The third-order valence-corrected chi connectivity index (χ3v) is 3.08. The van der Waals surface area contributed by atoms with Crippen molar-refractivity contribution in [2.24, 2.45) is 0 Å². The molecule has 0 spiro atoms. The minimum absolute atomic E-state index is 0.154. The second-order valence-corrected chi connectivity index (χ2v) is 4.97. The zero-order valence-corrected chi connectivity index (χ0v) is 12.1. The number of hydrogen-bond donors (Lipinski definition) is 0. The highest BCUT2D eigenvalue weighted by Crippen LogP contribution is 2.15. The molecule has 0 bridgehead atoms. The molecule has 0 saturated carbocycles. The predicted octanol–water partition coefficient (Wildman–Crippen LogP) is 0.0300. The Bertz CT molecular complexity index is 449. The zero-order valence-electron chi connectivity index (χ0n) is 12.1. The molecular formula is C13H20N4O3. The molecule has 1 aromatic heterocycles. The first-order valence-electron chi connectivity index (χ1n) is 6.53. The van der Waals surface area contributed by atoms with E-state index in [1.807, 2.05) is 14.1 Å². The van der Waals surface area contributed by atoms with Crippen molar-refractivity contribution in [3.8, 4) is 0 Å². The van der Waals surface area contributed by atoms with Gasteiger partial charge in [0.1, 0.15) is 0 Å². The van der Waals surface area contributed by atoms with Crippen molar-refractivity contribution < 1.29 is 14.3 Å². The number of carbonyl (C=O) groups is 1. The molecule has 1 fully saturated rings. The fourth-order valence-corrected chi connectivity index (χ4v) is 2.15. The Hall–Kier alpha value is -1.73. The normalized spacial score (nSPS) is 19.2. The smallest absolute Gasteiger partial charge is 0.358 e. The van der Waals surface area contributed by atoms with Crippen molar-refractivity contribution in [1.29, 1.82) is 0 Å². The molecule has 0 aliphatic carbocycles. The Balaban J connectivity index is 2.01. The fourth-order valence-electron chi connectivity index (χ4n) is 2.15. The van der Waals surface area contributed by atoms with E-state index in [-0.39, 0.29) is 11.8 Å². The van der Waals surface area contributed by atoms with Crippen LogP contribution >= 0.6 is 0 Å². The second-order valence-electron chi connectivity index (χ2n) is 4.97. The van der Waals surface area contributed by atoms with Crippen LogP contribution in [0, 0.1) is 0 Å². The fraction of sp³-hybridized carbons (Fsp3) is 0.615. The monoisotopic (exact) mass is 280 g/mol. The standard InChI is InChI=1S/C13H20N4O3/c1-16(2)8-10-9-17(6-7-20-10)12-5-4-11(14-15-12)13(18)19-3/h4-5,10H,6-9H2,1-3H3. The first kappa shape index (κ1) is 14.7. The van der Waals surface area contributed by atoms with E-state index >= 15 is 0 Å². The van der Waals surface area contributed by atoms with E-state index in [0.717, 1.165) is 25.5 Å². The lowest BCUT2D eigenvalue weighted by molar-refractivity contribution is 0.0244. The third-order valence-electron chi connectivity index (χ3n) is 3.08. The summed E-state index contributed by atoms with van der Waals surface area (Å²) in [6.07, 6.45) is 0.154. The Labute approximate surface area is 118 Å². The van der Waals surface area contributed by atoms with Gasteiger partial charge in [0.25, 0.3) is 0 Å². The van der Waals surface area contributed by atoms with E-state index in [2.05, 4.69) is 24.7 Å². The molecule has 20 heavy (non-hydrogen) atoms. The van der Waals surface area contributed by atoms with Gasteiger partial charge in [0.05, 0.1) is 19.8 Å². The van der Waals surface area contributed by atoms with Gasteiger partial charge in [-0.25, -0.2) is 4.79 Å². The minimum atomic E-state index is -0.475. The second kappa shape index (κ2) is 6.62. The van der Waals surface area contributed by atoms with Crippen molar-refractivity contribution in [2.45, 2.75) is 6.10 Å². The van der Waals surface area contributed by atoms with Crippen molar-refractivity contribution in [2.75, 3.05) is 52.3 Å². The molecule has 0 aromatic carbocycles. The van der Waals surface area contributed by atoms with E-state index < -0.39 is 5.97 Å². The molecule has 1 atom stereocenters.